The second kappa shape index (κ2) is 8.49. The van der Waals surface area contributed by atoms with Gasteiger partial charge >= 0.3 is 0 Å². The summed E-state index contributed by atoms with van der Waals surface area (Å²) in [6.45, 7) is 5.33. The van der Waals surface area contributed by atoms with Crippen LogP contribution in [0.1, 0.15) is 34.3 Å². The van der Waals surface area contributed by atoms with Gasteiger partial charge in [-0.1, -0.05) is 49.4 Å². The van der Waals surface area contributed by atoms with Crippen LogP contribution in [0.15, 0.2) is 60.7 Å². The molecule has 0 radical (unpaired) electrons. The number of ether oxygens (including phenoxy) is 1. The largest absolute Gasteiger partial charge is 0.491 e. The van der Waals surface area contributed by atoms with Gasteiger partial charge < -0.3 is 10.1 Å². The summed E-state index contributed by atoms with van der Waals surface area (Å²) in [6.07, 6.45) is 0.912. The van der Waals surface area contributed by atoms with E-state index in [-0.39, 0.29) is 5.91 Å². The molecule has 0 unspecified atom stereocenters. The topological polar surface area (TPSA) is 56.1 Å². The quantitative estimate of drug-likeness (QED) is 0.442. The second-order valence-corrected chi connectivity index (χ2v) is 7.89. The standard InChI is InChI=1S/C23H23N3O2S/c1-3-13-28-20-12-8-7-11-19(20)24-22(27)21-14-18-16(2)25-26(23(18)29-21)15-17-9-5-4-6-10-17/h4-12,14H,3,13,15H2,1-2H3,(H,24,27). The SMILES string of the molecule is CCCOc1ccccc1NC(=O)c1cc2c(C)nn(Cc3ccccc3)c2s1. The van der Waals surface area contributed by atoms with Gasteiger partial charge in [-0.2, -0.15) is 5.10 Å². The van der Waals surface area contributed by atoms with Crippen molar-refractivity contribution in [1.82, 2.24) is 9.78 Å². The predicted molar refractivity (Wildman–Crippen MR) is 118 cm³/mol. The molecule has 2 heterocycles. The van der Waals surface area contributed by atoms with E-state index >= 15 is 0 Å². The Labute approximate surface area is 173 Å². The van der Waals surface area contributed by atoms with Gasteiger partial charge in [-0.05, 0) is 37.1 Å². The number of benzene rings is 2. The van der Waals surface area contributed by atoms with Gasteiger partial charge in [-0.3, -0.25) is 9.48 Å². The Hall–Kier alpha value is -3.12. The van der Waals surface area contributed by atoms with Crippen LogP contribution in [0.2, 0.25) is 0 Å². The molecule has 0 aliphatic rings. The van der Waals surface area contributed by atoms with Crippen molar-refractivity contribution in [3.05, 3.63) is 76.8 Å². The summed E-state index contributed by atoms with van der Waals surface area (Å²) < 4.78 is 7.72. The summed E-state index contributed by atoms with van der Waals surface area (Å²) in [5.74, 6) is 0.555. The number of thiophene rings is 1. The van der Waals surface area contributed by atoms with Crippen LogP contribution in [0.3, 0.4) is 0 Å². The Balaban J connectivity index is 1.59. The molecule has 0 spiro atoms. The van der Waals surface area contributed by atoms with Crippen molar-refractivity contribution in [2.75, 3.05) is 11.9 Å². The molecular weight excluding hydrogens is 382 g/mol. The molecule has 2 aromatic carbocycles. The Kier molecular flexibility index (Phi) is 5.62. The van der Waals surface area contributed by atoms with Crippen LogP contribution in [0.5, 0.6) is 5.75 Å². The highest BCUT2D eigenvalue weighted by Gasteiger charge is 2.17. The molecule has 6 heteroatoms. The van der Waals surface area contributed by atoms with Crippen LogP contribution >= 0.6 is 11.3 Å². The number of hydrogen-bond donors (Lipinski definition) is 1. The fourth-order valence-electron chi connectivity index (χ4n) is 3.18. The zero-order chi connectivity index (χ0) is 20.2. The minimum absolute atomic E-state index is 0.135. The first-order valence-corrected chi connectivity index (χ1v) is 10.5. The molecule has 0 aliphatic heterocycles. The van der Waals surface area contributed by atoms with Gasteiger partial charge in [0.25, 0.3) is 5.91 Å². The minimum Gasteiger partial charge on any atom is -0.491 e. The number of amides is 1. The average molecular weight is 406 g/mol. The highest BCUT2D eigenvalue weighted by molar-refractivity contribution is 7.20. The van der Waals surface area contributed by atoms with Gasteiger partial charge in [0.15, 0.2) is 0 Å². The summed E-state index contributed by atoms with van der Waals surface area (Å²) >= 11 is 1.46. The monoisotopic (exact) mass is 405 g/mol. The maximum Gasteiger partial charge on any atom is 0.265 e. The van der Waals surface area contributed by atoms with Crippen LogP contribution in [0, 0.1) is 6.92 Å². The number of hydrogen-bond acceptors (Lipinski definition) is 4. The van der Waals surface area contributed by atoms with Crippen molar-refractivity contribution >= 4 is 33.1 Å². The van der Waals surface area contributed by atoms with Crippen LogP contribution < -0.4 is 10.1 Å². The third-order valence-electron chi connectivity index (χ3n) is 4.60. The maximum atomic E-state index is 12.9. The molecule has 2 aromatic heterocycles. The van der Waals surface area contributed by atoms with Crippen molar-refractivity contribution in [2.45, 2.75) is 26.8 Å². The fourth-order valence-corrected chi connectivity index (χ4v) is 4.24. The van der Waals surface area contributed by atoms with E-state index in [1.165, 1.54) is 16.9 Å². The Bertz CT molecular complexity index is 1130. The van der Waals surface area contributed by atoms with E-state index in [1.54, 1.807) is 0 Å². The lowest BCUT2D eigenvalue weighted by molar-refractivity contribution is 0.103. The predicted octanol–water partition coefficient (Wildman–Crippen LogP) is 5.50. The first kappa shape index (κ1) is 19.2. The number of rotatable bonds is 7. The fraction of sp³-hybridized carbons (Fsp3) is 0.217. The highest BCUT2D eigenvalue weighted by Crippen LogP contribution is 2.31. The molecular formula is C23H23N3O2S. The molecule has 0 atom stereocenters. The van der Waals surface area contributed by atoms with Crippen LogP contribution in [-0.2, 0) is 6.54 Å². The van der Waals surface area contributed by atoms with E-state index in [9.17, 15) is 4.79 Å². The number of anilines is 1. The van der Waals surface area contributed by atoms with Crippen molar-refractivity contribution in [2.24, 2.45) is 0 Å². The van der Waals surface area contributed by atoms with Gasteiger partial charge in [-0.25, -0.2) is 0 Å². The summed E-state index contributed by atoms with van der Waals surface area (Å²) in [4.78, 5) is 14.6. The van der Waals surface area contributed by atoms with Gasteiger partial charge in [0.1, 0.15) is 10.6 Å². The Morgan fingerprint density at radius 1 is 1.14 bits per heavy atom. The smallest absolute Gasteiger partial charge is 0.265 e. The molecule has 0 saturated heterocycles. The summed E-state index contributed by atoms with van der Waals surface area (Å²) in [5, 5.41) is 8.66. The average Bonchev–Trinajstić information content (AvgIpc) is 3.30. The third-order valence-corrected chi connectivity index (χ3v) is 5.75. The van der Waals surface area contributed by atoms with E-state index in [0.717, 1.165) is 22.3 Å². The van der Waals surface area contributed by atoms with Crippen LogP contribution in [-0.4, -0.2) is 22.3 Å². The zero-order valence-corrected chi connectivity index (χ0v) is 17.3. The number of carbonyl (C=O) groups excluding carboxylic acids is 1. The molecule has 0 bridgehead atoms. The van der Waals surface area contributed by atoms with Crippen molar-refractivity contribution in [3.63, 3.8) is 0 Å². The Morgan fingerprint density at radius 2 is 1.90 bits per heavy atom. The molecule has 4 aromatic rings. The van der Waals surface area contributed by atoms with Crippen LogP contribution in [0.4, 0.5) is 5.69 Å². The number of aromatic nitrogens is 2. The normalized spacial score (nSPS) is 11.0. The van der Waals surface area contributed by atoms with Crippen molar-refractivity contribution < 1.29 is 9.53 Å². The zero-order valence-electron chi connectivity index (χ0n) is 16.5. The molecule has 5 nitrogen and oxygen atoms in total. The summed E-state index contributed by atoms with van der Waals surface area (Å²) in [6, 6.07) is 19.7. The third kappa shape index (κ3) is 4.17. The van der Waals surface area contributed by atoms with Gasteiger partial charge in [-0.15, -0.1) is 11.3 Å². The molecule has 0 fully saturated rings. The molecule has 148 valence electrons. The molecule has 0 saturated carbocycles. The first-order valence-electron chi connectivity index (χ1n) is 9.69. The molecule has 29 heavy (non-hydrogen) atoms. The van der Waals surface area contributed by atoms with E-state index in [1.807, 2.05) is 60.1 Å². The van der Waals surface area contributed by atoms with Crippen molar-refractivity contribution in [3.8, 4) is 5.75 Å². The number of nitrogens with zero attached hydrogens (tertiary/aromatic N) is 2. The number of carbonyl (C=O) groups is 1. The van der Waals surface area contributed by atoms with E-state index in [2.05, 4.69) is 29.5 Å². The lowest BCUT2D eigenvalue weighted by Crippen LogP contribution is -2.11. The molecule has 0 aliphatic carbocycles. The van der Waals surface area contributed by atoms with Crippen LogP contribution in [0.25, 0.3) is 10.2 Å². The molecule has 4 rings (SSSR count). The lowest BCUT2D eigenvalue weighted by atomic mass is 10.2. The lowest BCUT2D eigenvalue weighted by Gasteiger charge is -2.11. The second-order valence-electron chi connectivity index (χ2n) is 6.86. The van der Waals surface area contributed by atoms with E-state index in [4.69, 9.17) is 4.74 Å². The number of fused-ring (bicyclic) bond motifs is 1. The van der Waals surface area contributed by atoms with E-state index in [0.29, 0.717) is 29.5 Å². The number of para-hydroxylation sites is 2. The molecule has 1 N–H and O–H groups in total. The number of aryl methyl sites for hydroxylation is 1. The first-order chi connectivity index (χ1) is 14.2. The maximum absolute atomic E-state index is 12.9. The Morgan fingerprint density at radius 3 is 2.69 bits per heavy atom. The molecule has 1 amide bonds. The van der Waals surface area contributed by atoms with Gasteiger partial charge in [0.05, 0.1) is 29.4 Å². The van der Waals surface area contributed by atoms with Gasteiger partial charge in [0.2, 0.25) is 0 Å². The summed E-state index contributed by atoms with van der Waals surface area (Å²) in [7, 11) is 0. The number of nitrogens with one attached hydrogen (secondary N) is 1. The van der Waals surface area contributed by atoms with Gasteiger partial charge in [0, 0.05) is 5.39 Å². The summed E-state index contributed by atoms with van der Waals surface area (Å²) in [5.41, 5.74) is 2.79. The highest BCUT2D eigenvalue weighted by atomic mass is 32.1. The minimum atomic E-state index is -0.135. The van der Waals surface area contributed by atoms with E-state index < -0.39 is 0 Å². The van der Waals surface area contributed by atoms with Crippen molar-refractivity contribution in [1.29, 1.82) is 0 Å².